The predicted octanol–water partition coefficient (Wildman–Crippen LogP) is 4.50. The van der Waals surface area contributed by atoms with Crippen LogP contribution in [0.3, 0.4) is 0 Å². The van der Waals surface area contributed by atoms with Crippen molar-refractivity contribution >= 4 is 39.7 Å². The Morgan fingerprint density at radius 2 is 1.94 bits per heavy atom. The summed E-state index contributed by atoms with van der Waals surface area (Å²) < 4.78 is 7.06. The van der Waals surface area contributed by atoms with Gasteiger partial charge in [0.2, 0.25) is 0 Å². The minimum absolute atomic E-state index is 0.271. The van der Waals surface area contributed by atoms with Gasteiger partial charge in [0.1, 0.15) is 15.5 Å². The molecule has 0 bridgehead atoms. The first-order valence-electron chi connectivity index (χ1n) is 10.4. The van der Waals surface area contributed by atoms with E-state index in [-0.39, 0.29) is 12.2 Å². The number of esters is 1. The zero-order valence-corrected chi connectivity index (χ0v) is 19.2. The Hall–Kier alpha value is -3.52. The minimum Gasteiger partial charge on any atom is -0.462 e. The molecule has 164 valence electrons. The summed E-state index contributed by atoms with van der Waals surface area (Å²) in [5.74, 6) is -0.00431. The number of aryl methyl sites for hydroxylation is 2. The van der Waals surface area contributed by atoms with Crippen molar-refractivity contribution < 1.29 is 9.53 Å². The van der Waals surface area contributed by atoms with Crippen molar-refractivity contribution in [1.29, 1.82) is 0 Å². The fourth-order valence-electron chi connectivity index (χ4n) is 3.66. The highest BCUT2D eigenvalue weighted by atomic mass is 32.1. The molecule has 1 N–H and O–H groups in total. The van der Waals surface area contributed by atoms with E-state index in [4.69, 9.17) is 4.74 Å². The molecule has 0 unspecified atom stereocenters. The monoisotopic (exact) mass is 448 g/mol. The van der Waals surface area contributed by atoms with Crippen LogP contribution in [-0.4, -0.2) is 32.3 Å². The number of rotatable bonds is 6. The second-order valence-electron chi connectivity index (χ2n) is 7.47. The van der Waals surface area contributed by atoms with E-state index in [0.29, 0.717) is 33.0 Å². The third kappa shape index (κ3) is 4.13. The Morgan fingerprint density at radius 1 is 1.19 bits per heavy atom. The van der Waals surface area contributed by atoms with Crippen LogP contribution in [-0.2, 0) is 11.3 Å². The smallest absolute Gasteiger partial charge is 0.348 e. The summed E-state index contributed by atoms with van der Waals surface area (Å²) in [6.45, 7) is 8.44. The molecule has 0 aliphatic heterocycles. The third-order valence-corrected chi connectivity index (χ3v) is 6.47. The summed E-state index contributed by atoms with van der Waals surface area (Å²) in [4.78, 5) is 33.1. The molecule has 0 radical (unpaired) electrons. The van der Waals surface area contributed by atoms with Gasteiger partial charge in [0, 0.05) is 11.3 Å². The van der Waals surface area contributed by atoms with Gasteiger partial charge in [0.05, 0.1) is 24.2 Å². The molecule has 7 nitrogen and oxygen atoms in total. The lowest BCUT2D eigenvalue weighted by atomic mass is 10.1. The van der Waals surface area contributed by atoms with Crippen molar-refractivity contribution in [1.82, 2.24) is 19.7 Å². The summed E-state index contributed by atoms with van der Waals surface area (Å²) in [5, 5.41) is 5.09. The molecule has 32 heavy (non-hydrogen) atoms. The van der Waals surface area contributed by atoms with Gasteiger partial charge in [-0.3, -0.25) is 9.48 Å². The number of carbonyl (C=O) groups is 1. The van der Waals surface area contributed by atoms with E-state index in [9.17, 15) is 9.59 Å². The molecule has 3 heterocycles. The van der Waals surface area contributed by atoms with Crippen LogP contribution in [0.25, 0.3) is 22.4 Å². The minimum atomic E-state index is -0.429. The van der Waals surface area contributed by atoms with Gasteiger partial charge < -0.3 is 9.72 Å². The predicted molar refractivity (Wildman–Crippen MR) is 127 cm³/mol. The average Bonchev–Trinajstić information content (AvgIpc) is 3.23. The lowest BCUT2D eigenvalue weighted by Gasteiger charge is -2.04. The summed E-state index contributed by atoms with van der Waals surface area (Å²) in [6, 6.07) is 10.2. The van der Waals surface area contributed by atoms with Crippen molar-refractivity contribution in [2.75, 3.05) is 6.61 Å². The van der Waals surface area contributed by atoms with Crippen molar-refractivity contribution in [2.45, 2.75) is 34.2 Å². The largest absolute Gasteiger partial charge is 0.462 e. The number of benzene rings is 1. The number of ether oxygens (including phenoxy) is 1. The Bertz CT molecular complexity index is 1380. The lowest BCUT2D eigenvalue weighted by Crippen LogP contribution is -2.10. The first-order valence-corrected chi connectivity index (χ1v) is 11.2. The van der Waals surface area contributed by atoms with Crippen LogP contribution in [0, 0.1) is 20.8 Å². The Labute approximate surface area is 189 Å². The maximum atomic E-state index is 12.7. The van der Waals surface area contributed by atoms with Crippen molar-refractivity contribution in [3.63, 3.8) is 0 Å². The van der Waals surface area contributed by atoms with E-state index in [0.717, 1.165) is 17.0 Å². The van der Waals surface area contributed by atoms with E-state index < -0.39 is 5.97 Å². The molecule has 3 aromatic heterocycles. The van der Waals surface area contributed by atoms with E-state index in [2.05, 4.69) is 27.2 Å². The Morgan fingerprint density at radius 3 is 2.66 bits per heavy atom. The number of aromatic nitrogens is 4. The maximum Gasteiger partial charge on any atom is 0.348 e. The van der Waals surface area contributed by atoms with Crippen LogP contribution >= 0.6 is 11.3 Å². The molecule has 1 aromatic carbocycles. The summed E-state index contributed by atoms with van der Waals surface area (Å²) in [7, 11) is 0. The van der Waals surface area contributed by atoms with Gasteiger partial charge in [-0.25, -0.2) is 9.78 Å². The normalized spacial score (nSPS) is 11.5. The first kappa shape index (κ1) is 21.7. The highest BCUT2D eigenvalue weighted by molar-refractivity contribution is 7.20. The molecule has 0 fully saturated rings. The van der Waals surface area contributed by atoms with Crippen LogP contribution in [0.2, 0.25) is 0 Å². The molecule has 0 aliphatic carbocycles. The van der Waals surface area contributed by atoms with Crippen molar-refractivity contribution in [3.05, 3.63) is 79.5 Å². The zero-order valence-electron chi connectivity index (χ0n) is 18.4. The number of nitrogens with zero attached hydrogens (tertiary/aromatic N) is 3. The Kier molecular flexibility index (Phi) is 6.05. The number of thiophene rings is 1. The molecule has 0 atom stereocenters. The first-order chi connectivity index (χ1) is 15.4. The average molecular weight is 449 g/mol. The highest BCUT2D eigenvalue weighted by Crippen LogP contribution is 2.28. The molecule has 0 aliphatic rings. The van der Waals surface area contributed by atoms with Gasteiger partial charge in [-0.15, -0.1) is 11.3 Å². The zero-order chi connectivity index (χ0) is 22.8. The summed E-state index contributed by atoms with van der Waals surface area (Å²) in [6.07, 6.45) is 3.68. The fraction of sp³-hybridized carbons (Fsp3) is 0.250. The van der Waals surface area contributed by atoms with Gasteiger partial charge in [-0.2, -0.15) is 5.10 Å². The van der Waals surface area contributed by atoms with Gasteiger partial charge in [0.15, 0.2) is 0 Å². The topological polar surface area (TPSA) is 89.9 Å². The summed E-state index contributed by atoms with van der Waals surface area (Å²) in [5.41, 5.74) is 4.42. The third-order valence-electron chi connectivity index (χ3n) is 5.30. The van der Waals surface area contributed by atoms with E-state index >= 15 is 0 Å². The number of carbonyl (C=O) groups excluding carboxylic acids is 1. The lowest BCUT2D eigenvalue weighted by molar-refractivity contribution is 0.0531. The molecule has 0 saturated carbocycles. The molecular formula is C24H24N4O3S. The van der Waals surface area contributed by atoms with Gasteiger partial charge in [-0.1, -0.05) is 30.3 Å². The number of H-pyrrole nitrogens is 1. The number of aromatic amines is 1. The van der Waals surface area contributed by atoms with Crippen LogP contribution in [0.5, 0.6) is 0 Å². The van der Waals surface area contributed by atoms with E-state index in [1.54, 1.807) is 19.9 Å². The van der Waals surface area contributed by atoms with Crippen molar-refractivity contribution in [2.24, 2.45) is 0 Å². The standard InChI is InChI=1S/C24H24N4O3S/c1-5-31-24(30)21-14(2)20-22(29)25-19(26-23(20)32-21)12-11-18-15(3)27-28(16(18)4)13-17-9-7-6-8-10-17/h6-12H,5,13H2,1-4H3,(H,25,26,29)/b12-11+. The highest BCUT2D eigenvalue weighted by Gasteiger charge is 2.20. The molecule has 4 rings (SSSR count). The number of nitrogens with one attached hydrogen (secondary N) is 1. The molecule has 0 spiro atoms. The molecular weight excluding hydrogens is 424 g/mol. The maximum absolute atomic E-state index is 12.7. The second-order valence-corrected chi connectivity index (χ2v) is 8.47. The number of hydrogen-bond acceptors (Lipinski definition) is 6. The molecule has 0 saturated heterocycles. The second kappa shape index (κ2) is 8.92. The molecule has 8 heteroatoms. The molecule has 4 aromatic rings. The molecule has 0 amide bonds. The Balaban J connectivity index is 1.66. The van der Waals surface area contributed by atoms with Crippen molar-refractivity contribution in [3.8, 4) is 0 Å². The fourth-order valence-corrected chi connectivity index (χ4v) is 4.74. The van der Waals surface area contributed by atoms with Crippen LogP contribution in [0.1, 0.15) is 50.5 Å². The SMILES string of the molecule is CCOC(=O)c1sc2nc(/C=C/c3c(C)nn(Cc4ccccc4)c3C)[nH]c(=O)c2c1C. The van der Waals surface area contributed by atoms with E-state index in [1.165, 1.54) is 16.9 Å². The number of fused-ring (bicyclic) bond motifs is 1. The van der Waals surface area contributed by atoms with Gasteiger partial charge in [0.25, 0.3) is 5.56 Å². The summed E-state index contributed by atoms with van der Waals surface area (Å²) >= 11 is 1.18. The van der Waals surface area contributed by atoms with Gasteiger partial charge in [-0.05, 0) is 51.0 Å². The van der Waals surface area contributed by atoms with Gasteiger partial charge >= 0.3 is 5.97 Å². The van der Waals surface area contributed by atoms with Crippen LogP contribution in [0.15, 0.2) is 35.1 Å². The van der Waals surface area contributed by atoms with Crippen LogP contribution < -0.4 is 5.56 Å². The van der Waals surface area contributed by atoms with Crippen LogP contribution in [0.4, 0.5) is 0 Å². The van der Waals surface area contributed by atoms with E-state index in [1.807, 2.05) is 42.8 Å². The number of hydrogen-bond donors (Lipinski definition) is 1. The quantitative estimate of drug-likeness (QED) is 0.439.